The smallest absolute Gasteiger partial charge is 0.211 e. The Morgan fingerprint density at radius 2 is 2.20 bits per heavy atom. The van der Waals surface area contributed by atoms with Crippen LogP contribution in [0.4, 0.5) is 0 Å². The number of aromatic nitrogens is 2. The molecule has 0 fully saturated rings. The second-order valence-electron chi connectivity index (χ2n) is 4.48. The zero-order chi connectivity index (χ0) is 15.0. The Morgan fingerprint density at radius 3 is 2.95 bits per heavy atom. The zero-order valence-corrected chi connectivity index (χ0v) is 11.0. The fourth-order valence-corrected chi connectivity index (χ4v) is 2.22. The van der Waals surface area contributed by atoms with Crippen molar-refractivity contribution in [2.75, 3.05) is 0 Å². The van der Waals surface area contributed by atoms with E-state index >= 15 is 0 Å². The van der Waals surface area contributed by atoms with E-state index < -0.39 is 0 Å². The molecule has 0 aliphatic rings. The second kappa shape index (κ2) is 4.81. The molecule has 0 radical (unpaired) electrons. The van der Waals surface area contributed by atoms with Crippen molar-refractivity contribution >= 4 is 11.4 Å². The Kier molecular flexibility index (Phi) is 2.70. The summed E-state index contributed by atoms with van der Waals surface area (Å²) in [5.74, 6) is -0.277. The number of aryl methyl sites for hydroxylation is 1. The molecule has 4 nitrogen and oxygen atoms in total. The lowest BCUT2D eigenvalue weighted by Gasteiger charge is -2.03. The van der Waals surface area contributed by atoms with Crippen LogP contribution in [0.25, 0.3) is 5.65 Å². The van der Waals surface area contributed by atoms with Gasteiger partial charge in [-0.05, 0) is 42.8 Å². The van der Waals surface area contributed by atoms with Crippen molar-refractivity contribution in [1.29, 1.82) is 0 Å². The second-order valence-corrected chi connectivity index (χ2v) is 4.48. The van der Waals surface area contributed by atoms with Crippen LogP contribution in [0.15, 0.2) is 48.6 Å². The number of imidazole rings is 1. The molecular formula is C16H14N2O2. The van der Waals surface area contributed by atoms with E-state index in [1.54, 1.807) is 10.6 Å². The van der Waals surface area contributed by atoms with Gasteiger partial charge in [-0.1, -0.05) is 13.0 Å². The van der Waals surface area contributed by atoms with Gasteiger partial charge in [0.25, 0.3) is 0 Å². The van der Waals surface area contributed by atoms with Crippen molar-refractivity contribution in [3.8, 4) is 5.75 Å². The molecule has 1 aromatic carbocycles. The van der Waals surface area contributed by atoms with Crippen molar-refractivity contribution in [1.82, 2.24) is 9.38 Å². The summed E-state index contributed by atoms with van der Waals surface area (Å²) >= 11 is 0. The minimum Gasteiger partial charge on any atom is -0.508 e. The molecule has 0 atom stereocenters. The molecule has 1 N–H and O–H groups in total. The first-order valence-corrected chi connectivity index (χ1v) is 6.42. The summed E-state index contributed by atoms with van der Waals surface area (Å²) in [7, 11) is 0. The van der Waals surface area contributed by atoms with Crippen molar-refractivity contribution in [3.05, 3.63) is 65.6 Å². The summed E-state index contributed by atoms with van der Waals surface area (Å²) in [6.45, 7) is 1.94. The monoisotopic (exact) mass is 267 g/mol. The van der Waals surface area contributed by atoms with E-state index in [9.17, 15) is 9.90 Å². The molecule has 0 saturated heterocycles. The lowest BCUT2D eigenvalue weighted by molar-refractivity contribution is 0.103. The molecule has 3 rings (SSSR count). The Morgan fingerprint density at radius 1 is 1.35 bits per heavy atom. The number of carbonyl (C=O) groups excluding carboxylic acids is 1. The average molecular weight is 267 g/mol. The number of phenolic OH excluding ortho intramolecular Hbond substituents is 1. The van der Waals surface area contributed by atoms with Gasteiger partial charge in [-0.15, -0.1) is 0 Å². The van der Waals surface area contributed by atoms with Gasteiger partial charge in [0.05, 0.1) is 7.06 Å². The molecule has 0 aliphatic carbocycles. The van der Waals surface area contributed by atoms with E-state index in [0.29, 0.717) is 23.5 Å². The van der Waals surface area contributed by atoms with Gasteiger partial charge in [-0.2, -0.15) is 0 Å². The highest BCUT2D eigenvalue weighted by molar-refractivity contribution is 6.09. The van der Waals surface area contributed by atoms with E-state index in [4.69, 9.17) is 1.37 Å². The number of phenols is 1. The van der Waals surface area contributed by atoms with Gasteiger partial charge in [-0.25, -0.2) is 4.98 Å². The number of carbonyl (C=O) groups is 1. The quantitative estimate of drug-likeness (QED) is 0.742. The first-order chi connectivity index (χ1) is 10.1. The maximum absolute atomic E-state index is 12.8. The van der Waals surface area contributed by atoms with Crippen LogP contribution in [-0.4, -0.2) is 20.3 Å². The van der Waals surface area contributed by atoms with Crippen LogP contribution in [0.1, 0.15) is 30.0 Å². The maximum Gasteiger partial charge on any atom is 0.211 e. The maximum atomic E-state index is 12.8. The highest BCUT2D eigenvalue weighted by Crippen LogP contribution is 2.19. The van der Waals surface area contributed by atoms with Crippen molar-refractivity contribution < 1.29 is 11.3 Å². The molecule has 0 saturated carbocycles. The van der Waals surface area contributed by atoms with Gasteiger partial charge in [0.15, 0.2) is 0 Å². The van der Waals surface area contributed by atoms with Crippen LogP contribution >= 0.6 is 0 Å². The third kappa shape index (κ3) is 1.95. The third-order valence-corrected chi connectivity index (χ3v) is 3.19. The number of hydrogen-bond donors (Lipinski definition) is 1. The summed E-state index contributed by atoms with van der Waals surface area (Å²) < 4.78 is 9.61. The van der Waals surface area contributed by atoms with E-state index in [-0.39, 0.29) is 23.1 Å². The van der Waals surface area contributed by atoms with Crippen LogP contribution in [0.3, 0.4) is 0 Å². The predicted octanol–water partition coefficient (Wildman–Crippen LogP) is 2.83. The zero-order valence-electron chi connectivity index (χ0n) is 12.0. The van der Waals surface area contributed by atoms with Crippen LogP contribution < -0.4 is 0 Å². The Bertz CT molecular complexity index is 839. The molecule has 3 aromatic rings. The molecule has 0 bridgehead atoms. The number of rotatable bonds is 3. The van der Waals surface area contributed by atoms with Crippen LogP contribution in [0.5, 0.6) is 5.75 Å². The fraction of sp³-hybridized carbons (Fsp3) is 0.125. The molecular weight excluding hydrogens is 252 g/mol. The van der Waals surface area contributed by atoms with Crippen LogP contribution in [0.2, 0.25) is 0 Å². The fourth-order valence-electron chi connectivity index (χ4n) is 2.22. The SMILES string of the molecule is [2H]c1cc(O)ccc1C(=O)c1c(CC)nc2ccccn12. The largest absolute Gasteiger partial charge is 0.508 e. The number of nitrogens with zero attached hydrogens (tertiary/aromatic N) is 2. The molecule has 20 heavy (non-hydrogen) atoms. The van der Waals surface area contributed by atoms with E-state index in [1.807, 2.05) is 25.1 Å². The topological polar surface area (TPSA) is 54.6 Å². The minimum absolute atomic E-state index is 0.00735. The van der Waals surface area contributed by atoms with Gasteiger partial charge in [0.1, 0.15) is 17.1 Å². The summed E-state index contributed by atoms with van der Waals surface area (Å²) in [4.78, 5) is 17.2. The Hall–Kier alpha value is -2.62. The Balaban J connectivity index is 2.21. The van der Waals surface area contributed by atoms with Gasteiger partial charge in [-0.3, -0.25) is 9.20 Å². The van der Waals surface area contributed by atoms with Gasteiger partial charge < -0.3 is 5.11 Å². The minimum atomic E-state index is -0.254. The molecule has 2 heterocycles. The number of hydrogen-bond acceptors (Lipinski definition) is 3. The summed E-state index contributed by atoms with van der Waals surface area (Å²) in [5, 5.41) is 9.37. The number of benzene rings is 1. The van der Waals surface area contributed by atoms with Crippen molar-refractivity contribution in [2.24, 2.45) is 0 Å². The average Bonchev–Trinajstić information content (AvgIpc) is 2.85. The van der Waals surface area contributed by atoms with E-state index in [0.717, 1.165) is 0 Å². The normalized spacial score (nSPS) is 11.6. The molecule has 4 heteroatoms. The van der Waals surface area contributed by atoms with Gasteiger partial charge >= 0.3 is 0 Å². The van der Waals surface area contributed by atoms with Gasteiger partial charge in [0.2, 0.25) is 5.78 Å². The third-order valence-electron chi connectivity index (χ3n) is 3.19. The van der Waals surface area contributed by atoms with E-state index in [1.165, 1.54) is 18.2 Å². The molecule has 0 spiro atoms. The first-order valence-electron chi connectivity index (χ1n) is 6.92. The summed E-state index contributed by atoms with van der Waals surface area (Å²) in [6.07, 6.45) is 2.42. The van der Waals surface area contributed by atoms with Crippen LogP contribution in [0, 0.1) is 0 Å². The summed E-state index contributed by atoms with van der Waals surface area (Å²) in [6, 6.07) is 9.71. The number of pyridine rings is 1. The molecule has 0 amide bonds. The number of aromatic hydroxyl groups is 1. The molecule has 100 valence electrons. The Labute approximate surface area is 117 Å². The van der Waals surface area contributed by atoms with E-state index in [2.05, 4.69) is 4.98 Å². The highest BCUT2D eigenvalue weighted by Gasteiger charge is 2.19. The molecule has 2 aromatic heterocycles. The highest BCUT2D eigenvalue weighted by atomic mass is 16.3. The molecule has 0 unspecified atom stereocenters. The number of ketones is 1. The number of fused-ring (bicyclic) bond motifs is 1. The summed E-state index contributed by atoms with van der Waals surface area (Å²) in [5.41, 5.74) is 2.15. The molecule has 0 aliphatic heterocycles. The van der Waals surface area contributed by atoms with Crippen molar-refractivity contribution in [3.63, 3.8) is 0 Å². The lowest BCUT2D eigenvalue weighted by atomic mass is 10.1. The first kappa shape index (κ1) is 11.2. The lowest BCUT2D eigenvalue weighted by Crippen LogP contribution is -2.07. The van der Waals surface area contributed by atoms with Crippen molar-refractivity contribution in [2.45, 2.75) is 13.3 Å². The van der Waals surface area contributed by atoms with Crippen LogP contribution in [-0.2, 0) is 6.42 Å². The standard InChI is InChI=1S/C16H14N2O2/c1-2-13-15(18-10-4-3-5-14(18)17-13)16(20)11-6-8-12(19)9-7-11/h3-10,19H,2H2,1H3/i6D. The van der Waals surface area contributed by atoms with Gasteiger partial charge in [0, 0.05) is 11.8 Å². The predicted molar refractivity (Wildman–Crippen MR) is 76.1 cm³/mol.